The van der Waals surface area contributed by atoms with Gasteiger partial charge in [-0.05, 0) is 30.5 Å². The molecule has 1 aliphatic rings. The first kappa shape index (κ1) is 14.3. The van der Waals surface area contributed by atoms with Crippen molar-refractivity contribution in [3.63, 3.8) is 0 Å². The van der Waals surface area contributed by atoms with Crippen molar-refractivity contribution in [3.8, 4) is 5.75 Å². The van der Waals surface area contributed by atoms with Crippen molar-refractivity contribution in [2.45, 2.75) is 6.42 Å². The predicted molar refractivity (Wildman–Crippen MR) is 74.9 cm³/mol. The summed E-state index contributed by atoms with van der Waals surface area (Å²) >= 11 is 3.19. The molecule has 1 amide bonds. The second kappa shape index (κ2) is 5.50. The highest BCUT2D eigenvalue weighted by Crippen LogP contribution is 2.22. The zero-order chi connectivity index (χ0) is 14.0. The number of halogens is 1. The Morgan fingerprint density at radius 2 is 2.21 bits per heavy atom. The summed E-state index contributed by atoms with van der Waals surface area (Å²) in [7, 11) is -2.93. The summed E-state index contributed by atoms with van der Waals surface area (Å²) in [5.74, 6) is -0.219. The van der Waals surface area contributed by atoms with E-state index in [9.17, 15) is 18.3 Å². The van der Waals surface area contributed by atoms with E-state index in [1.165, 1.54) is 12.1 Å². The molecular weight excluding hydrogens is 334 g/mol. The average molecular weight is 348 g/mol. The quantitative estimate of drug-likeness (QED) is 0.863. The summed E-state index contributed by atoms with van der Waals surface area (Å²) in [6.45, 7) is 0.313. The summed E-state index contributed by atoms with van der Waals surface area (Å²) in [6.07, 6.45) is 0.578. The number of aromatic hydroxyl groups is 1. The summed E-state index contributed by atoms with van der Waals surface area (Å²) in [5.41, 5.74) is 0.184. The summed E-state index contributed by atoms with van der Waals surface area (Å²) in [6, 6.07) is 4.61. The number of carbonyl (C=O) groups excluding carboxylic acids is 1. The van der Waals surface area contributed by atoms with Gasteiger partial charge in [-0.3, -0.25) is 4.79 Å². The van der Waals surface area contributed by atoms with Gasteiger partial charge in [-0.1, -0.05) is 15.9 Å². The molecule has 5 nitrogen and oxygen atoms in total. The fraction of sp³-hybridized carbons (Fsp3) is 0.417. The van der Waals surface area contributed by atoms with E-state index in [0.29, 0.717) is 17.4 Å². The Morgan fingerprint density at radius 3 is 2.79 bits per heavy atom. The minimum absolute atomic E-state index is 0.0356. The molecule has 1 aromatic rings. The van der Waals surface area contributed by atoms with E-state index < -0.39 is 15.7 Å². The Morgan fingerprint density at radius 1 is 1.47 bits per heavy atom. The van der Waals surface area contributed by atoms with Gasteiger partial charge in [0, 0.05) is 11.0 Å². The van der Waals surface area contributed by atoms with Crippen LogP contribution in [0.5, 0.6) is 5.75 Å². The number of sulfone groups is 1. The monoisotopic (exact) mass is 347 g/mol. The fourth-order valence-electron chi connectivity index (χ4n) is 2.06. The van der Waals surface area contributed by atoms with Gasteiger partial charge < -0.3 is 10.4 Å². The lowest BCUT2D eigenvalue weighted by molar-refractivity contribution is 0.0945. The largest absolute Gasteiger partial charge is 0.507 e. The van der Waals surface area contributed by atoms with Crippen molar-refractivity contribution in [1.82, 2.24) is 5.32 Å². The normalized spacial score (nSPS) is 21.2. The van der Waals surface area contributed by atoms with Gasteiger partial charge in [0.15, 0.2) is 9.84 Å². The Kier molecular flexibility index (Phi) is 4.15. The molecule has 0 aliphatic carbocycles. The van der Waals surface area contributed by atoms with E-state index in [1.807, 2.05) is 0 Å². The number of hydrogen-bond acceptors (Lipinski definition) is 4. The smallest absolute Gasteiger partial charge is 0.255 e. The van der Waals surface area contributed by atoms with Gasteiger partial charge in [0.2, 0.25) is 0 Å². The minimum Gasteiger partial charge on any atom is -0.507 e. The third-order valence-electron chi connectivity index (χ3n) is 3.08. The first-order valence-electron chi connectivity index (χ1n) is 5.84. The zero-order valence-electron chi connectivity index (χ0n) is 10.1. The molecule has 0 spiro atoms. The van der Waals surface area contributed by atoms with Crippen molar-refractivity contribution in [2.75, 3.05) is 18.1 Å². The highest BCUT2D eigenvalue weighted by atomic mass is 79.9. The SMILES string of the molecule is O=C(NC[C@H]1CCS(=O)(=O)C1)c1ccc(Br)cc1O. The van der Waals surface area contributed by atoms with Crippen molar-refractivity contribution in [2.24, 2.45) is 5.92 Å². The minimum atomic E-state index is -2.93. The molecule has 1 atom stereocenters. The lowest BCUT2D eigenvalue weighted by Crippen LogP contribution is -2.29. The second-order valence-electron chi connectivity index (χ2n) is 4.64. The van der Waals surface area contributed by atoms with Crippen LogP contribution in [0.15, 0.2) is 22.7 Å². The highest BCUT2D eigenvalue weighted by molar-refractivity contribution is 9.10. The van der Waals surface area contributed by atoms with Crippen LogP contribution < -0.4 is 5.32 Å². The Balaban J connectivity index is 1.95. The van der Waals surface area contributed by atoms with Gasteiger partial charge in [-0.15, -0.1) is 0 Å². The molecule has 0 unspecified atom stereocenters. The van der Waals surface area contributed by atoms with E-state index >= 15 is 0 Å². The van der Waals surface area contributed by atoms with Gasteiger partial charge >= 0.3 is 0 Å². The van der Waals surface area contributed by atoms with Crippen LogP contribution in [0.2, 0.25) is 0 Å². The molecule has 2 N–H and O–H groups in total. The third kappa shape index (κ3) is 3.70. The maximum atomic E-state index is 11.9. The number of nitrogens with one attached hydrogen (secondary N) is 1. The van der Waals surface area contributed by atoms with Gasteiger partial charge in [0.05, 0.1) is 17.1 Å². The van der Waals surface area contributed by atoms with Crippen LogP contribution in [0.4, 0.5) is 0 Å². The molecule has 1 aliphatic heterocycles. The van der Waals surface area contributed by atoms with Crippen molar-refractivity contribution >= 4 is 31.7 Å². The molecule has 2 rings (SSSR count). The van der Waals surface area contributed by atoms with Crippen molar-refractivity contribution in [1.29, 1.82) is 0 Å². The topological polar surface area (TPSA) is 83.5 Å². The number of phenolic OH excluding ortho intramolecular Hbond substituents is 1. The molecule has 0 bridgehead atoms. The van der Waals surface area contributed by atoms with Crippen LogP contribution in [0.25, 0.3) is 0 Å². The van der Waals surface area contributed by atoms with Gasteiger partial charge in [0.25, 0.3) is 5.91 Å². The molecule has 0 saturated carbocycles. The van der Waals surface area contributed by atoms with Crippen LogP contribution in [0.1, 0.15) is 16.8 Å². The van der Waals surface area contributed by atoms with E-state index in [1.54, 1.807) is 6.07 Å². The first-order chi connectivity index (χ1) is 8.87. The zero-order valence-corrected chi connectivity index (χ0v) is 12.5. The Hall–Kier alpha value is -1.08. The van der Waals surface area contributed by atoms with Crippen LogP contribution in [-0.2, 0) is 9.84 Å². The van der Waals surface area contributed by atoms with Gasteiger partial charge in [0.1, 0.15) is 5.75 Å². The maximum Gasteiger partial charge on any atom is 0.255 e. The number of benzene rings is 1. The molecule has 1 fully saturated rings. The molecule has 7 heteroatoms. The molecule has 1 aromatic carbocycles. The Bertz CT molecular complexity index is 600. The van der Waals surface area contributed by atoms with E-state index in [2.05, 4.69) is 21.2 Å². The molecule has 1 saturated heterocycles. The fourth-order valence-corrected chi connectivity index (χ4v) is 4.27. The first-order valence-corrected chi connectivity index (χ1v) is 8.46. The summed E-state index contributed by atoms with van der Waals surface area (Å²) in [5, 5.41) is 12.3. The van der Waals surface area contributed by atoms with Crippen LogP contribution in [0.3, 0.4) is 0 Å². The van der Waals surface area contributed by atoms with E-state index in [-0.39, 0.29) is 28.7 Å². The molecular formula is C12H14BrNO4S. The lowest BCUT2D eigenvalue weighted by atomic mass is 10.1. The number of hydrogen-bond donors (Lipinski definition) is 2. The van der Waals surface area contributed by atoms with Crippen LogP contribution in [-0.4, -0.2) is 37.5 Å². The average Bonchev–Trinajstić information content (AvgIpc) is 2.66. The molecule has 1 heterocycles. The number of carbonyl (C=O) groups is 1. The molecule has 19 heavy (non-hydrogen) atoms. The van der Waals surface area contributed by atoms with Crippen LogP contribution in [0, 0.1) is 5.92 Å². The number of rotatable bonds is 3. The predicted octanol–water partition coefficient (Wildman–Crippen LogP) is 1.32. The van der Waals surface area contributed by atoms with E-state index in [0.717, 1.165) is 0 Å². The standard InChI is InChI=1S/C12H14BrNO4S/c13-9-1-2-10(11(15)5-9)12(16)14-6-8-3-4-19(17,18)7-8/h1-2,5,8,15H,3-4,6-7H2,(H,14,16)/t8-/m1/s1. The highest BCUT2D eigenvalue weighted by Gasteiger charge is 2.28. The maximum absolute atomic E-state index is 11.9. The van der Waals surface area contributed by atoms with Crippen LogP contribution >= 0.6 is 15.9 Å². The molecule has 0 aromatic heterocycles. The summed E-state index contributed by atoms with van der Waals surface area (Å²) < 4.78 is 23.3. The lowest BCUT2D eigenvalue weighted by Gasteiger charge is -2.10. The van der Waals surface area contributed by atoms with Crippen molar-refractivity contribution in [3.05, 3.63) is 28.2 Å². The number of phenols is 1. The second-order valence-corrected chi connectivity index (χ2v) is 7.78. The molecule has 104 valence electrons. The number of amides is 1. The molecule has 0 radical (unpaired) electrons. The van der Waals surface area contributed by atoms with E-state index in [4.69, 9.17) is 0 Å². The third-order valence-corrected chi connectivity index (χ3v) is 5.41. The van der Waals surface area contributed by atoms with Gasteiger partial charge in [-0.25, -0.2) is 8.42 Å². The van der Waals surface area contributed by atoms with Crippen molar-refractivity contribution < 1.29 is 18.3 Å². The summed E-state index contributed by atoms with van der Waals surface area (Å²) in [4.78, 5) is 11.9. The van der Waals surface area contributed by atoms with Gasteiger partial charge in [-0.2, -0.15) is 0 Å². The Labute approximate surface area is 120 Å².